The summed E-state index contributed by atoms with van der Waals surface area (Å²) in [5, 5.41) is 3.92. The predicted octanol–water partition coefficient (Wildman–Crippen LogP) is 2.17. The molecule has 7 nitrogen and oxygen atoms in total. The van der Waals surface area contributed by atoms with Crippen LogP contribution in [0.4, 0.5) is 0 Å². The van der Waals surface area contributed by atoms with Gasteiger partial charge in [0.05, 0.1) is 0 Å². The normalized spacial score (nSPS) is 18.1. The summed E-state index contributed by atoms with van der Waals surface area (Å²) in [5.74, 6) is 2.90. The lowest BCUT2D eigenvalue weighted by Gasteiger charge is -2.15. The number of aromatic amines is 1. The molecule has 1 amide bonds. The number of carbonyl (C=O) groups excluding carboxylic acids is 1. The third-order valence-electron chi connectivity index (χ3n) is 4.20. The van der Waals surface area contributed by atoms with Crippen molar-refractivity contribution in [3.63, 3.8) is 0 Å². The lowest BCUT2D eigenvalue weighted by Crippen LogP contribution is -2.28. The van der Waals surface area contributed by atoms with Crippen molar-refractivity contribution >= 4 is 5.91 Å². The summed E-state index contributed by atoms with van der Waals surface area (Å²) < 4.78 is 5.19. The van der Waals surface area contributed by atoms with Gasteiger partial charge in [0.25, 0.3) is 0 Å². The van der Waals surface area contributed by atoms with E-state index in [4.69, 9.17) is 4.52 Å². The van der Waals surface area contributed by atoms with Gasteiger partial charge < -0.3 is 14.4 Å². The van der Waals surface area contributed by atoms with E-state index in [2.05, 4.69) is 20.1 Å². The fraction of sp³-hybridized carbons (Fsp3) is 0.625. The van der Waals surface area contributed by atoms with Crippen molar-refractivity contribution < 1.29 is 9.32 Å². The molecule has 1 N–H and O–H groups in total. The molecule has 0 bridgehead atoms. The molecule has 0 aromatic carbocycles. The molecule has 0 spiro atoms. The van der Waals surface area contributed by atoms with E-state index < -0.39 is 0 Å². The van der Waals surface area contributed by atoms with Crippen molar-refractivity contribution in [2.24, 2.45) is 0 Å². The summed E-state index contributed by atoms with van der Waals surface area (Å²) in [7, 11) is 0. The summed E-state index contributed by atoms with van der Waals surface area (Å²) in [6.07, 6.45) is 3.70. The van der Waals surface area contributed by atoms with Crippen LogP contribution in [0.2, 0.25) is 0 Å². The first-order valence-electron chi connectivity index (χ1n) is 8.14. The van der Waals surface area contributed by atoms with Crippen molar-refractivity contribution in [2.45, 2.75) is 51.9 Å². The van der Waals surface area contributed by atoms with E-state index in [0.717, 1.165) is 31.0 Å². The first-order chi connectivity index (χ1) is 11.0. The number of nitrogens with zero attached hydrogens (tertiary/aromatic N) is 4. The molecule has 1 saturated heterocycles. The minimum absolute atomic E-state index is 0.139. The number of amides is 1. The molecule has 124 valence electrons. The Morgan fingerprint density at radius 3 is 3.00 bits per heavy atom. The fourth-order valence-electron chi connectivity index (χ4n) is 2.83. The monoisotopic (exact) mass is 317 g/mol. The molecule has 3 heterocycles. The Hall–Kier alpha value is -2.18. The molecule has 1 fully saturated rings. The van der Waals surface area contributed by atoms with Gasteiger partial charge in [-0.25, -0.2) is 4.98 Å². The van der Waals surface area contributed by atoms with Crippen molar-refractivity contribution in [1.29, 1.82) is 0 Å². The SMILES string of the molecule is Cc1cnc([C@@H]2CCN(C(=O)CCc3nc(C(C)C)no3)C2)[nH]1. The number of likely N-dealkylation sites (tertiary alicyclic amines) is 1. The second kappa shape index (κ2) is 6.52. The van der Waals surface area contributed by atoms with Crippen LogP contribution in [0.1, 0.15) is 61.8 Å². The smallest absolute Gasteiger partial charge is 0.227 e. The third-order valence-corrected chi connectivity index (χ3v) is 4.20. The minimum Gasteiger partial charge on any atom is -0.346 e. The maximum atomic E-state index is 12.3. The first-order valence-corrected chi connectivity index (χ1v) is 8.14. The van der Waals surface area contributed by atoms with E-state index in [1.165, 1.54) is 0 Å². The van der Waals surface area contributed by atoms with Gasteiger partial charge in [0.15, 0.2) is 5.82 Å². The summed E-state index contributed by atoms with van der Waals surface area (Å²) in [5.41, 5.74) is 1.06. The van der Waals surface area contributed by atoms with Gasteiger partial charge in [0.1, 0.15) is 5.82 Å². The highest BCUT2D eigenvalue weighted by atomic mass is 16.5. The Balaban J connectivity index is 1.51. The van der Waals surface area contributed by atoms with Gasteiger partial charge in [-0.1, -0.05) is 19.0 Å². The molecule has 0 unspecified atom stereocenters. The fourth-order valence-corrected chi connectivity index (χ4v) is 2.83. The molecule has 7 heteroatoms. The molecule has 23 heavy (non-hydrogen) atoms. The Bertz CT molecular complexity index is 676. The van der Waals surface area contributed by atoms with E-state index in [1.54, 1.807) is 0 Å². The van der Waals surface area contributed by atoms with Crippen LogP contribution < -0.4 is 0 Å². The predicted molar refractivity (Wildman–Crippen MR) is 84.0 cm³/mol. The zero-order valence-corrected chi connectivity index (χ0v) is 13.9. The molecule has 3 rings (SSSR count). The molecule has 1 aliphatic rings. The van der Waals surface area contributed by atoms with Gasteiger partial charge in [0.2, 0.25) is 11.8 Å². The molecule has 0 aliphatic carbocycles. The average Bonchev–Trinajstić information content (AvgIpc) is 3.24. The lowest BCUT2D eigenvalue weighted by molar-refractivity contribution is -0.130. The maximum Gasteiger partial charge on any atom is 0.227 e. The highest BCUT2D eigenvalue weighted by Gasteiger charge is 2.29. The van der Waals surface area contributed by atoms with E-state index in [1.807, 2.05) is 31.9 Å². The number of aryl methyl sites for hydroxylation is 2. The van der Waals surface area contributed by atoms with Crippen LogP contribution in [-0.4, -0.2) is 44.0 Å². The van der Waals surface area contributed by atoms with Crippen LogP contribution in [0.5, 0.6) is 0 Å². The Morgan fingerprint density at radius 2 is 2.35 bits per heavy atom. The van der Waals surface area contributed by atoms with Crippen molar-refractivity contribution in [3.8, 4) is 0 Å². The van der Waals surface area contributed by atoms with Crippen LogP contribution in [0.15, 0.2) is 10.7 Å². The zero-order valence-electron chi connectivity index (χ0n) is 13.9. The van der Waals surface area contributed by atoms with Crippen molar-refractivity contribution in [3.05, 3.63) is 29.4 Å². The lowest BCUT2D eigenvalue weighted by atomic mass is 10.1. The minimum atomic E-state index is 0.139. The number of nitrogens with one attached hydrogen (secondary N) is 1. The van der Waals surface area contributed by atoms with Crippen molar-refractivity contribution in [2.75, 3.05) is 13.1 Å². The zero-order chi connectivity index (χ0) is 16.4. The second-order valence-corrected chi connectivity index (χ2v) is 6.48. The van der Waals surface area contributed by atoms with Gasteiger partial charge in [0, 0.05) is 49.7 Å². The second-order valence-electron chi connectivity index (χ2n) is 6.48. The largest absolute Gasteiger partial charge is 0.346 e. The van der Waals surface area contributed by atoms with Crippen LogP contribution >= 0.6 is 0 Å². The number of hydrogen-bond acceptors (Lipinski definition) is 5. The summed E-state index contributed by atoms with van der Waals surface area (Å²) in [6.45, 7) is 7.53. The van der Waals surface area contributed by atoms with Gasteiger partial charge in [-0.3, -0.25) is 4.79 Å². The van der Waals surface area contributed by atoms with Gasteiger partial charge in [-0.05, 0) is 13.3 Å². The Kier molecular flexibility index (Phi) is 4.45. The molecule has 2 aromatic rings. The Morgan fingerprint density at radius 1 is 1.52 bits per heavy atom. The molecule has 2 aromatic heterocycles. The van der Waals surface area contributed by atoms with Crippen LogP contribution in [0.3, 0.4) is 0 Å². The van der Waals surface area contributed by atoms with E-state index >= 15 is 0 Å². The number of rotatable bonds is 5. The van der Waals surface area contributed by atoms with Crippen LogP contribution in [-0.2, 0) is 11.2 Å². The van der Waals surface area contributed by atoms with E-state index in [9.17, 15) is 4.79 Å². The molecular formula is C16H23N5O2. The van der Waals surface area contributed by atoms with Crippen LogP contribution in [0.25, 0.3) is 0 Å². The quantitative estimate of drug-likeness (QED) is 0.913. The standard InChI is InChI=1S/C16H23N5O2/c1-10(2)15-19-13(23-20-15)4-5-14(22)21-7-6-12(9-21)16-17-8-11(3)18-16/h8,10,12H,4-7,9H2,1-3H3,(H,17,18)/t12-/m1/s1. The molecule has 0 saturated carbocycles. The van der Waals surface area contributed by atoms with Gasteiger partial charge >= 0.3 is 0 Å². The molecule has 1 atom stereocenters. The number of imidazole rings is 1. The summed E-state index contributed by atoms with van der Waals surface area (Å²) in [4.78, 5) is 26.2. The number of hydrogen-bond donors (Lipinski definition) is 1. The summed E-state index contributed by atoms with van der Waals surface area (Å²) in [6, 6.07) is 0. The maximum absolute atomic E-state index is 12.3. The van der Waals surface area contributed by atoms with E-state index in [-0.39, 0.29) is 11.8 Å². The highest BCUT2D eigenvalue weighted by Crippen LogP contribution is 2.25. The average molecular weight is 317 g/mol. The number of carbonyl (C=O) groups is 1. The van der Waals surface area contributed by atoms with Crippen LogP contribution in [0, 0.1) is 6.92 Å². The molecule has 0 radical (unpaired) electrons. The van der Waals surface area contributed by atoms with Crippen molar-refractivity contribution in [1.82, 2.24) is 25.0 Å². The highest BCUT2D eigenvalue weighted by molar-refractivity contribution is 5.76. The number of H-pyrrole nitrogens is 1. The number of aromatic nitrogens is 4. The van der Waals surface area contributed by atoms with Gasteiger partial charge in [-0.2, -0.15) is 4.98 Å². The molecular weight excluding hydrogens is 294 g/mol. The first kappa shape index (κ1) is 15.7. The molecule has 1 aliphatic heterocycles. The van der Waals surface area contributed by atoms with Gasteiger partial charge in [-0.15, -0.1) is 0 Å². The summed E-state index contributed by atoms with van der Waals surface area (Å²) >= 11 is 0. The van der Waals surface area contributed by atoms with E-state index in [0.29, 0.717) is 30.5 Å². The topological polar surface area (TPSA) is 87.9 Å². The Labute approximate surface area is 135 Å². The third kappa shape index (κ3) is 3.60.